The number of rotatable bonds is 10. The molecule has 1 aromatic rings. The maximum Gasteiger partial charge on any atom is 0.276 e. The predicted molar refractivity (Wildman–Crippen MR) is 103 cm³/mol. The minimum atomic E-state index is -0.441. The van der Waals surface area contributed by atoms with Gasteiger partial charge in [0.15, 0.2) is 11.5 Å². The van der Waals surface area contributed by atoms with Crippen LogP contribution in [0.4, 0.5) is 5.69 Å². The van der Waals surface area contributed by atoms with E-state index in [0.717, 1.165) is 18.8 Å². The molecular weight excluding hydrogens is 348 g/mol. The third kappa shape index (κ3) is 6.41. The summed E-state index contributed by atoms with van der Waals surface area (Å²) < 4.78 is 10.3. The summed E-state index contributed by atoms with van der Waals surface area (Å²) in [5.41, 5.74) is 0.486. The van der Waals surface area contributed by atoms with Crippen molar-refractivity contribution in [1.29, 1.82) is 0 Å². The van der Waals surface area contributed by atoms with E-state index in [4.69, 9.17) is 9.47 Å². The summed E-state index contributed by atoms with van der Waals surface area (Å²) >= 11 is 0. The predicted octanol–water partition coefficient (Wildman–Crippen LogP) is 4.02. The van der Waals surface area contributed by atoms with Gasteiger partial charge < -0.3 is 14.8 Å². The average Bonchev–Trinajstić information content (AvgIpc) is 2.68. The Bertz CT molecular complexity index is 642. The minimum absolute atomic E-state index is 0.00828. The van der Waals surface area contributed by atoms with Gasteiger partial charge >= 0.3 is 0 Å². The van der Waals surface area contributed by atoms with Crippen molar-refractivity contribution in [2.45, 2.75) is 57.8 Å². The lowest BCUT2D eigenvalue weighted by Gasteiger charge is -2.21. The van der Waals surface area contributed by atoms with Crippen molar-refractivity contribution in [1.82, 2.24) is 5.32 Å². The van der Waals surface area contributed by atoms with Crippen LogP contribution >= 0.6 is 0 Å². The number of carbonyl (C=O) groups excluding carboxylic acids is 1. The second kappa shape index (κ2) is 10.7. The maximum absolute atomic E-state index is 12.0. The van der Waals surface area contributed by atoms with E-state index in [1.807, 2.05) is 0 Å². The molecule has 1 aliphatic rings. The number of nitrogens with zero attached hydrogens (tertiary/aromatic N) is 1. The number of ether oxygens (including phenoxy) is 2. The zero-order chi connectivity index (χ0) is 19.6. The first-order chi connectivity index (χ1) is 13.0. The Balaban J connectivity index is 1.81. The van der Waals surface area contributed by atoms with E-state index in [2.05, 4.69) is 5.32 Å². The van der Waals surface area contributed by atoms with E-state index < -0.39 is 4.92 Å². The summed E-state index contributed by atoms with van der Waals surface area (Å²) in [7, 11) is 2.93. The van der Waals surface area contributed by atoms with Crippen LogP contribution in [0.2, 0.25) is 0 Å². The van der Waals surface area contributed by atoms with Crippen LogP contribution in [0.1, 0.15) is 56.9 Å². The Hall–Kier alpha value is -2.31. The molecule has 1 fully saturated rings. The number of hydrogen-bond acceptors (Lipinski definition) is 5. The highest BCUT2D eigenvalue weighted by Gasteiger charge is 2.19. The molecule has 0 atom stereocenters. The Labute approximate surface area is 160 Å². The zero-order valence-electron chi connectivity index (χ0n) is 16.3. The zero-order valence-corrected chi connectivity index (χ0v) is 16.3. The molecule has 0 aliphatic heterocycles. The van der Waals surface area contributed by atoms with Crippen molar-refractivity contribution >= 4 is 11.6 Å². The van der Waals surface area contributed by atoms with Gasteiger partial charge in [0.1, 0.15) is 0 Å². The summed E-state index contributed by atoms with van der Waals surface area (Å²) in [5, 5.41) is 14.2. The summed E-state index contributed by atoms with van der Waals surface area (Å²) in [6, 6.07) is 2.96. The molecule has 0 heterocycles. The van der Waals surface area contributed by atoms with Crippen LogP contribution < -0.4 is 14.8 Å². The molecule has 0 aromatic heterocycles. The van der Waals surface area contributed by atoms with E-state index in [-0.39, 0.29) is 11.6 Å². The van der Waals surface area contributed by atoms with Crippen molar-refractivity contribution in [3.8, 4) is 11.5 Å². The first-order valence-electron chi connectivity index (χ1n) is 9.71. The molecule has 7 nitrogen and oxygen atoms in total. The van der Waals surface area contributed by atoms with E-state index in [0.29, 0.717) is 36.4 Å². The van der Waals surface area contributed by atoms with Crippen LogP contribution in [-0.2, 0) is 11.2 Å². The van der Waals surface area contributed by atoms with Crippen LogP contribution in [0.3, 0.4) is 0 Å². The standard InChI is InChI=1S/C20H30N2O5/c1-26-18-13-16(17(22(24)25)14-19(18)27-2)11-12-21-20(23)10-6-9-15-7-4-3-5-8-15/h13-15H,3-12H2,1-2H3,(H,21,23). The summed E-state index contributed by atoms with van der Waals surface area (Å²) in [6.45, 7) is 0.360. The molecule has 0 spiro atoms. The molecule has 1 aromatic carbocycles. The van der Waals surface area contributed by atoms with Gasteiger partial charge in [0, 0.05) is 18.5 Å². The second-order valence-corrected chi connectivity index (χ2v) is 7.09. The van der Waals surface area contributed by atoms with Crippen LogP contribution in [0.5, 0.6) is 11.5 Å². The topological polar surface area (TPSA) is 90.7 Å². The van der Waals surface area contributed by atoms with E-state index in [1.165, 1.54) is 52.4 Å². The van der Waals surface area contributed by atoms with Crippen molar-refractivity contribution < 1.29 is 19.2 Å². The van der Waals surface area contributed by atoms with Crippen molar-refractivity contribution in [2.24, 2.45) is 5.92 Å². The van der Waals surface area contributed by atoms with E-state index >= 15 is 0 Å². The second-order valence-electron chi connectivity index (χ2n) is 7.09. The van der Waals surface area contributed by atoms with Gasteiger partial charge in [-0.2, -0.15) is 0 Å². The number of benzene rings is 1. The van der Waals surface area contributed by atoms with Gasteiger partial charge in [-0.3, -0.25) is 14.9 Å². The van der Waals surface area contributed by atoms with Crippen LogP contribution in [0, 0.1) is 16.0 Å². The van der Waals surface area contributed by atoms with Crippen molar-refractivity contribution in [3.05, 3.63) is 27.8 Å². The van der Waals surface area contributed by atoms with Gasteiger partial charge in [0.25, 0.3) is 5.69 Å². The Kier molecular flexibility index (Phi) is 8.36. The molecule has 1 aliphatic carbocycles. The molecule has 2 rings (SSSR count). The number of methoxy groups -OCH3 is 2. The average molecular weight is 378 g/mol. The third-order valence-corrected chi connectivity index (χ3v) is 5.24. The smallest absolute Gasteiger partial charge is 0.276 e. The minimum Gasteiger partial charge on any atom is -0.493 e. The normalized spacial score (nSPS) is 14.6. The fraction of sp³-hybridized carbons (Fsp3) is 0.650. The highest BCUT2D eigenvalue weighted by Crippen LogP contribution is 2.34. The van der Waals surface area contributed by atoms with Gasteiger partial charge in [0.05, 0.1) is 25.2 Å². The largest absolute Gasteiger partial charge is 0.493 e. The SMILES string of the molecule is COc1cc(CCNC(=O)CCCC2CCCCC2)c([N+](=O)[O-])cc1OC. The van der Waals surface area contributed by atoms with Gasteiger partial charge in [-0.25, -0.2) is 0 Å². The molecule has 0 unspecified atom stereocenters. The molecule has 7 heteroatoms. The summed E-state index contributed by atoms with van der Waals surface area (Å²) in [6.07, 6.45) is 9.49. The third-order valence-electron chi connectivity index (χ3n) is 5.24. The van der Waals surface area contributed by atoms with Crippen LogP contribution in [0.15, 0.2) is 12.1 Å². The van der Waals surface area contributed by atoms with Crippen molar-refractivity contribution in [3.63, 3.8) is 0 Å². The van der Waals surface area contributed by atoms with E-state index in [1.54, 1.807) is 6.07 Å². The molecule has 1 N–H and O–H groups in total. The number of nitro groups is 1. The molecule has 1 saturated carbocycles. The lowest BCUT2D eigenvalue weighted by Crippen LogP contribution is -2.25. The number of nitro benzene ring substituents is 1. The number of carbonyl (C=O) groups is 1. The Morgan fingerprint density at radius 1 is 1.19 bits per heavy atom. The molecule has 1 amide bonds. The fourth-order valence-corrected chi connectivity index (χ4v) is 3.73. The monoisotopic (exact) mass is 378 g/mol. The highest BCUT2D eigenvalue weighted by atomic mass is 16.6. The molecule has 0 radical (unpaired) electrons. The van der Waals surface area contributed by atoms with Gasteiger partial charge in [-0.15, -0.1) is 0 Å². The number of amides is 1. The van der Waals surface area contributed by atoms with Gasteiger partial charge in [0.2, 0.25) is 5.91 Å². The fourth-order valence-electron chi connectivity index (χ4n) is 3.73. The first kappa shape index (κ1) is 21.0. The van der Waals surface area contributed by atoms with Gasteiger partial charge in [-0.1, -0.05) is 32.1 Å². The Morgan fingerprint density at radius 2 is 1.85 bits per heavy atom. The van der Waals surface area contributed by atoms with Gasteiger partial charge in [-0.05, 0) is 31.2 Å². The molecular formula is C20H30N2O5. The van der Waals surface area contributed by atoms with Crippen LogP contribution in [0.25, 0.3) is 0 Å². The summed E-state index contributed by atoms with van der Waals surface area (Å²) in [5.74, 6) is 1.55. The van der Waals surface area contributed by atoms with Crippen LogP contribution in [-0.4, -0.2) is 31.6 Å². The quantitative estimate of drug-likeness (QED) is 0.490. The Morgan fingerprint density at radius 3 is 2.48 bits per heavy atom. The maximum atomic E-state index is 12.0. The summed E-state index contributed by atoms with van der Waals surface area (Å²) in [4.78, 5) is 22.9. The lowest BCUT2D eigenvalue weighted by molar-refractivity contribution is -0.385. The number of hydrogen-bond donors (Lipinski definition) is 1. The molecule has 27 heavy (non-hydrogen) atoms. The first-order valence-corrected chi connectivity index (χ1v) is 9.71. The lowest BCUT2D eigenvalue weighted by atomic mass is 9.86. The van der Waals surface area contributed by atoms with Crippen molar-refractivity contribution in [2.75, 3.05) is 20.8 Å². The highest BCUT2D eigenvalue weighted by molar-refractivity contribution is 5.75. The molecule has 0 saturated heterocycles. The molecule has 150 valence electrons. The molecule has 0 bridgehead atoms. The number of nitrogens with one attached hydrogen (secondary N) is 1. The van der Waals surface area contributed by atoms with E-state index in [9.17, 15) is 14.9 Å².